The van der Waals surface area contributed by atoms with Crippen molar-refractivity contribution in [2.45, 2.75) is 44.4 Å². The Morgan fingerprint density at radius 1 is 1.45 bits per heavy atom. The van der Waals surface area contributed by atoms with Crippen LogP contribution in [0.15, 0.2) is 29.0 Å². The van der Waals surface area contributed by atoms with Crippen LogP contribution in [0.2, 0.25) is 0 Å². The lowest BCUT2D eigenvalue weighted by Crippen LogP contribution is -2.44. The zero-order valence-electron chi connectivity index (χ0n) is 11.4. The number of fused-ring (bicyclic) bond motifs is 1. The molecular formula is C15H20BrN3O. The topological polar surface area (TPSA) is 50.1 Å². The van der Waals surface area contributed by atoms with Crippen LogP contribution >= 0.6 is 15.9 Å². The summed E-state index contributed by atoms with van der Waals surface area (Å²) in [5, 5.41) is 13.4. The molecule has 5 heteroatoms. The number of hydrogen-bond acceptors (Lipinski definition) is 3. The van der Waals surface area contributed by atoms with Gasteiger partial charge in [-0.2, -0.15) is 0 Å². The molecular weight excluding hydrogens is 318 g/mol. The van der Waals surface area contributed by atoms with Gasteiger partial charge in [0.05, 0.1) is 23.5 Å². The summed E-state index contributed by atoms with van der Waals surface area (Å²) in [7, 11) is 0. The fraction of sp³-hybridized carbons (Fsp3) is 0.533. The van der Waals surface area contributed by atoms with Crippen LogP contribution in [0.4, 0.5) is 0 Å². The van der Waals surface area contributed by atoms with Crippen LogP contribution in [0.1, 0.15) is 25.7 Å². The molecule has 108 valence electrons. The van der Waals surface area contributed by atoms with Gasteiger partial charge in [0, 0.05) is 17.1 Å². The molecule has 2 heterocycles. The predicted octanol–water partition coefficient (Wildman–Crippen LogP) is 2.69. The lowest BCUT2D eigenvalue weighted by molar-refractivity contribution is 0.0909. The van der Waals surface area contributed by atoms with Gasteiger partial charge in [-0.15, -0.1) is 0 Å². The predicted molar refractivity (Wildman–Crippen MR) is 83.7 cm³/mol. The van der Waals surface area contributed by atoms with Crippen LogP contribution in [0.5, 0.6) is 0 Å². The molecule has 2 atom stereocenters. The van der Waals surface area contributed by atoms with Crippen LogP contribution in [0, 0.1) is 0 Å². The molecule has 2 aromatic rings. The van der Waals surface area contributed by atoms with E-state index in [2.05, 4.69) is 36.9 Å². The maximum absolute atomic E-state index is 9.95. The first kappa shape index (κ1) is 14.0. The maximum atomic E-state index is 9.95. The van der Waals surface area contributed by atoms with Crippen molar-refractivity contribution in [3.05, 3.63) is 29.0 Å². The molecule has 20 heavy (non-hydrogen) atoms. The first-order valence-electron chi connectivity index (χ1n) is 7.26. The van der Waals surface area contributed by atoms with E-state index in [1.54, 1.807) is 0 Å². The van der Waals surface area contributed by atoms with Crippen molar-refractivity contribution in [3.63, 3.8) is 0 Å². The SMILES string of the molecule is O[C@H]1CCCN[C@@H]1CCCn1cnc2ccc(Br)cc21. The summed E-state index contributed by atoms with van der Waals surface area (Å²) >= 11 is 3.51. The molecule has 0 bridgehead atoms. The van der Waals surface area contributed by atoms with Gasteiger partial charge in [0.15, 0.2) is 0 Å². The summed E-state index contributed by atoms with van der Waals surface area (Å²) in [6, 6.07) is 6.41. The average Bonchev–Trinajstić information content (AvgIpc) is 2.83. The number of nitrogens with one attached hydrogen (secondary N) is 1. The van der Waals surface area contributed by atoms with E-state index in [0.717, 1.165) is 54.3 Å². The van der Waals surface area contributed by atoms with E-state index in [-0.39, 0.29) is 12.1 Å². The third-order valence-electron chi connectivity index (χ3n) is 4.04. The number of aliphatic hydroxyl groups excluding tert-OH is 1. The minimum Gasteiger partial charge on any atom is -0.392 e. The van der Waals surface area contributed by atoms with Crippen LogP contribution < -0.4 is 5.32 Å². The molecule has 3 rings (SSSR count). The number of benzene rings is 1. The van der Waals surface area contributed by atoms with Crippen molar-refractivity contribution in [2.24, 2.45) is 0 Å². The number of imidazole rings is 1. The third kappa shape index (κ3) is 3.05. The molecule has 1 aromatic heterocycles. The normalized spacial score (nSPS) is 23.3. The highest BCUT2D eigenvalue weighted by Crippen LogP contribution is 2.20. The number of piperidine rings is 1. The Labute approximate surface area is 127 Å². The van der Waals surface area contributed by atoms with E-state index in [4.69, 9.17) is 0 Å². The Morgan fingerprint density at radius 2 is 2.35 bits per heavy atom. The first-order valence-corrected chi connectivity index (χ1v) is 8.05. The van der Waals surface area contributed by atoms with Crippen LogP contribution in [-0.2, 0) is 6.54 Å². The van der Waals surface area contributed by atoms with E-state index in [9.17, 15) is 5.11 Å². The van der Waals surface area contributed by atoms with Crippen LogP contribution in [-0.4, -0.2) is 33.3 Å². The molecule has 0 amide bonds. The Bertz CT molecular complexity index is 584. The second-order valence-corrected chi connectivity index (χ2v) is 6.40. The highest BCUT2D eigenvalue weighted by atomic mass is 79.9. The molecule has 1 saturated heterocycles. The molecule has 0 spiro atoms. The van der Waals surface area contributed by atoms with E-state index < -0.39 is 0 Å². The molecule has 1 aliphatic rings. The summed E-state index contributed by atoms with van der Waals surface area (Å²) in [4.78, 5) is 4.42. The van der Waals surface area contributed by atoms with Gasteiger partial charge in [0.1, 0.15) is 0 Å². The molecule has 1 aliphatic heterocycles. The zero-order valence-corrected chi connectivity index (χ0v) is 13.0. The molecule has 2 N–H and O–H groups in total. The van der Waals surface area contributed by atoms with Crippen molar-refractivity contribution in [3.8, 4) is 0 Å². The molecule has 0 unspecified atom stereocenters. The van der Waals surface area contributed by atoms with Gasteiger partial charge >= 0.3 is 0 Å². The minimum atomic E-state index is -0.183. The third-order valence-corrected chi connectivity index (χ3v) is 4.54. The van der Waals surface area contributed by atoms with E-state index >= 15 is 0 Å². The van der Waals surface area contributed by atoms with E-state index in [1.165, 1.54) is 0 Å². The number of halogens is 1. The van der Waals surface area contributed by atoms with Gasteiger partial charge in [-0.25, -0.2) is 4.98 Å². The van der Waals surface area contributed by atoms with Gasteiger partial charge in [-0.1, -0.05) is 15.9 Å². The Hall–Kier alpha value is -0.910. The highest BCUT2D eigenvalue weighted by Gasteiger charge is 2.21. The van der Waals surface area contributed by atoms with Gasteiger partial charge in [0.25, 0.3) is 0 Å². The zero-order chi connectivity index (χ0) is 13.9. The van der Waals surface area contributed by atoms with Crippen LogP contribution in [0.25, 0.3) is 11.0 Å². The number of rotatable bonds is 4. The highest BCUT2D eigenvalue weighted by molar-refractivity contribution is 9.10. The van der Waals surface area contributed by atoms with Gasteiger partial charge in [-0.05, 0) is 50.4 Å². The van der Waals surface area contributed by atoms with Crippen molar-refractivity contribution in [1.82, 2.24) is 14.9 Å². The smallest absolute Gasteiger partial charge is 0.0958 e. The molecule has 4 nitrogen and oxygen atoms in total. The number of hydrogen-bond donors (Lipinski definition) is 2. The van der Waals surface area contributed by atoms with E-state index in [0.29, 0.717) is 0 Å². The lowest BCUT2D eigenvalue weighted by atomic mass is 9.97. The largest absolute Gasteiger partial charge is 0.392 e. The maximum Gasteiger partial charge on any atom is 0.0958 e. The van der Waals surface area contributed by atoms with Gasteiger partial charge < -0.3 is 15.0 Å². The second kappa shape index (κ2) is 6.24. The lowest BCUT2D eigenvalue weighted by Gasteiger charge is -2.29. The fourth-order valence-electron chi connectivity index (χ4n) is 2.92. The number of aliphatic hydroxyl groups is 1. The second-order valence-electron chi connectivity index (χ2n) is 5.48. The van der Waals surface area contributed by atoms with Crippen LogP contribution in [0.3, 0.4) is 0 Å². The fourth-order valence-corrected chi connectivity index (χ4v) is 3.27. The Morgan fingerprint density at radius 3 is 3.20 bits per heavy atom. The Kier molecular flexibility index (Phi) is 4.38. The number of aromatic nitrogens is 2. The summed E-state index contributed by atoms with van der Waals surface area (Å²) < 4.78 is 3.27. The monoisotopic (exact) mass is 337 g/mol. The van der Waals surface area contributed by atoms with E-state index in [1.807, 2.05) is 18.5 Å². The number of nitrogens with zero attached hydrogens (tertiary/aromatic N) is 2. The number of aryl methyl sites for hydroxylation is 1. The minimum absolute atomic E-state index is 0.183. The van der Waals surface area contributed by atoms with Crippen molar-refractivity contribution in [1.29, 1.82) is 0 Å². The average molecular weight is 338 g/mol. The van der Waals surface area contributed by atoms with Crippen molar-refractivity contribution < 1.29 is 5.11 Å². The van der Waals surface area contributed by atoms with Gasteiger partial charge in [0.2, 0.25) is 0 Å². The molecule has 0 aliphatic carbocycles. The first-order chi connectivity index (χ1) is 9.74. The quantitative estimate of drug-likeness (QED) is 0.901. The van der Waals surface area contributed by atoms with Crippen molar-refractivity contribution in [2.75, 3.05) is 6.54 Å². The standard InChI is InChI=1S/C15H20BrN3O/c16-11-5-6-12-14(9-11)19(10-18-12)8-2-3-13-15(20)4-1-7-17-13/h5-6,9-10,13,15,17,20H,1-4,7-8H2/t13-,15+/m1/s1. The summed E-state index contributed by atoms with van der Waals surface area (Å²) in [6.45, 7) is 1.97. The molecule has 0 saturated carbocycles. The summed E-state index contributed by atoms with van der Waals surface area (Å²) in [5.41, 5.74) is 2.19. The molecule has 1 aromatic carbocycles. The Balaban J connectivity index is 1.61. The summed E-state index contributed by atoms with van der Waals surface area (Å²) in [5.74, 6) is 0. The van der Waals surface area contributed by atoms with Crippen molar-refractivity contribution >= 4 is 27.0 Å². The molecule has 0 radical (unpaired) electrons. The van der Waals surface area contributed by atoms with Gasteiger partial charge in [-0.3, -0.25) is 0 Å². The summed E-state index contributed by atoms with van der Waals surface area (Å²) in [6.07, 6.45) is 5.79. The molecule has 1 fully saturated rings.